The van der Waals surface area contributed by atoms with Crippen molar-refractivity contribution in [3.63, 3.8) is 0 Å². The molecule has 3 heterocycles. The number of rotatable bonds is 4. The molecule has 0 aliphatic carbocycles. The Morgan fingerprint density at radius 2 is 1.62 bits per heavy atom. The third kappa shape index (κ3) is 4.93. The van der Waals surface area contributed by atoms with Crippen molar-refractivity contribution >= 4 is 23.6 Å². The highest BCUT2D eigenvalue weighted by atomic mass is 32.2. The predicted octanol–water partition coefficient (Wildman–Crippen LogP) is 0.826. The third-order valence-electron chi connectivity index (χ3n) is 6.22. The minimum Gasteiger partial charge on any atom is -0.342 e. The molecule has 0 N–H and O–H groups in total. The summed E-state index contributed by atoms with van der Waals surface area (Å²) in [5.74, 6) is 1.41. The van der Waals surface area contributed by atoms with Gasteiger partial charge in [-0.2, -0.15) is 11.8 Å². The summed E-state index contributed by atoms with van der Waals surface area (Å²) < 4.78 is 0. The van der Waals surface area contributed by atoms with Crippen LogP contribution in [0.15, 0.2) is 0 Å². The van der Waals surface area contributed by atoms with Crippen LogP contribution in [0.5, 0.6) is 0 Å². The van der Waals surface area contributed by atoms with E-state index >= 15 is 0 Å². The third-order valence-corrected chi connectivity index (χ3v) is 6.75. The van der Waals surface area contributed by atoms with Gasteiger partial charge >= 0.3 is 0 Å². The first kappa shape index (κ1) is 20.0. The average molecular weight is 383 g/mol. The van der Waals surface area contributed by atoms with E-state index in [1.165, 1.54) is 0 Å². The number of amides is 2. The molecule has 0 aromatic rings. The monoisotopic (exact) mass is 382 g/mol. The number of likely N-dealkylation sites (N-methyl/N-ethyl adjacent to an activating group) is 1. The van der Waals surface area contributed by atoms with Crippen LogP contribution < -0.4 is 0 Å². The molecule has 0 bridgehead atoms. The zero-order valence-corrected chi connectivity index (χ0v) is 17.2. The van der Waals surface area contributed by atoms with Crippen molar-refractivity contribution in [2.75, 3.05) is 71.4 Å². The van der Waals surface area contributed by atoms with Gasteiger partial charge in [0.15, 0.2) is 0 Å². The number of carbonyl (C=O) groups excluding carboxylic acids is 2. The van der Waals surface area contributed by atoms with Crippen molar-refractivity contribution in [1.82, 2.24) is 19.6 Å². The fourth-order valence-corrected chi connectivity index (χ4v) is 4.95. The van der Waals surface area contributed by atoms with Crippen LogP contribution in [-0.2, 0) is 9.59 Å². The predicted molar refractivity (Wildman–Crippen MR) is 106 cm³/mol. The normalized spacial score (nSPS) is 26.9. The van der Waals surface area contributed by atoms with E-state index in [1.807, 2.05) is 11.2 Å². The van der Waals surface area contributed by atoms with Crippen LogP contribution in [0.25, 0.3) is 0 Å². The lowest BCUT2D eigenvalue weighted by atomic mass is 9.92. The second-order valence-electron chi connectivity index (χ2n) is 8.01. The molecule has 1 atom stereocenters. The average Bonchev–Trinajstić information content (AvgIpc) is 2.68. The van der Waals surface area contributed by atoms with Gasteiger partial charge in [-0.05, 0) is 45.5 Å². The highest BCUT2D eigenvalue weighted by molar-refractivity contribution is 7.99. The number of likely N-dealkylation sites (tertiary alicyclic amines) is 2. The summed E-state index contributed by atoms with van der Waals surface area (Å²) in [5.41, 5.74) is 0. The number of hydrogen-bond acceptors (Lipinski definition) is 5. The van der Waals surface area contributed by atoms with E-state index in [1.54, 1.807) is 11.8 Å². The molecule has 0 spiro atoms. The Morgan fingerprint density at radius 1 is 0.923 bits per heavy atom. The van der Waals surface area contributed by atoms with Gasteiger partial charge in [-0.25, -0.2) is 0 Å². The fourth-order valence-electron chi connectivity index (χ4n) is 4.52. The Bertz CT molecular complexity index is 488. The molecule has 2 amide bonds. The van der Waals surface area contributed by atoms with Crippen LogP contribution in [0.3, 0.4) is 0 Å². The van der Waals surface area contributed by atoms with Crippen molar-refractivity contribution < 1.29 is 9.59 Å². The molecule has 0 saturated carbocycles. The minimum atomic E-state index is 0.170. The molecule has 0 aromatic carbocycles. The van der Waals surface area contributed by atoms with E-state index in [0.29, 0.717) is 17.7 Å². The summed E-state index contributed by atoms with van der Waals surface area (Å²) in [6.07, 6.45) is 6.24. The first-order valence-electron chi connectivity index (χ1n) is 10.1. The van der Waals surface area contributed by atoms with Crippen LogP contribution >= 0.6 is 11.8 Å². The van der Waals surface area contributed by atoms with E-state index in [9.17, 15) is 9.59 Å². The standard InChI is InChI=1S/C19H34N4O2S/c1-20-10-12-22(13-11-20)19(25)16-4-3-7-23(14-16)17-5-8-21(9-6-17)18(24)15-26-2/h16-17H,3-15H2,1-2H3/t16-/m0/s1. The molecular formula is C19H34N4O2S. The quantitative estimate of drug-likeness (QED) is 0.721. The Kier molecular flexibility index (Phi) is 7.23. The molecule has 3 saturated heterocycles. The second kappa shape index (κ2) is 9.42. The Hall–Kier alpha value is -0.790. The molecule has 3 aliphatic heterocycles. The Balaban J connectivity index is 1.48. The molecule has 0 aromatic heterocycles. The summed E-state index contributed by atoms with van der Waals surface area (Å²) in [6, 6.07) is 0.538. The Labute approximate surface area is 162 Å². The van der Waals surface area contributed by atoms with Crippen LogP contribution in [-0.4, -0.2) is 109 Å². The SMILES string of the molecule is CSCC(=O)N1CCC(N2CCC[C@H](C(=O)N3CCN(C)CC3)C2)CC1. The van der Waals surface area contributed by atoms with E-state index in [0.717, 1.165) is 78.0 Å². The summed E-state index contributed by atoms with van der Waals surface area (Å²) in [6.45, 7) is 7.50. The number of piperidine rings is 2. The van der Waals surface area contributed by atoms with E-state index < -0.39 is 0 Å². The Morgan fingerprint density at radius 3 is 2.27 bits per heavy atom. The lowest BCUT2D eigenvalue weighted by Crippen LogP contribution is -2.54. The molecule has 6 nitrogen and oxygen atoms in total. The molecule has 3 rings (SSSR count). The van der Waals surface area contributed by atoms with Crippen LogP contribution in [0.4, 0.5) is 0 Å². The molecule has 3 aliphatic rings. The van der Waals surface area contributed by atoms with Crippen molar-refractivity contribution in [1.29, 1.82) is 0 Å². The molecule has 0 radical (unpaired) electrons. The largest absolute Gasteiger partial charge is 0.342 e. The van der Waals surface area contributed by atoms with Crippen LogP contribution in [0.2, 0.25) is 0 Å². The second-order valence-corrected chi connectivity index (χ2v) is 8.87. The first-order valence-corrected chi connectivity index (χ1v) is 11.5. The maximum atomic E-state index is 12.9. The van der Waals surface area contributed by atoms with Crippen LogP contribution in [0.1, 0.15) is 25.7 Å². The number of thioether (sulfide) groups is 1. The zero-order chi connectivity index (χ0) is 18.5. The molecule has 7 heteroatoms. The van der Waals surface area contributed by atoms with E-state index in [-0.39, 0.29) is 11.8 Å². The van der Waals surface area contributed by atoms with Gasteiger partial charge in [0.1, 0.15) is 0 Å². The topological polar surface area (TPSA) is 47.1 Å². The van der Waals surface area contributed by atoms with E-state index in [4.69, 9.17) is 0 Å². The van der Waals surface area contributed by atoms with Gasteiger partial charge in [-0.15, -0.1) is 0 Å². The van der Waals surface area contributed by atoms with Gasteiger partial charge in [0.2, 0.25) is 11.8 Å². The van der Waals surface area contributed by atoms with Gasteiger partial charge < -0.3 is 14.7 Å². The van der Waals surface area contributed by atoms with Crippen molar-refractivity contribution in [3.8, 4) is 0 Å². The minimum absolute atomic E-state index is 0.170. The van der Waals surface area contributed by atoms with Crippen molar-refractivity contribution in [2.45, 2.75) is 31.7 Å². The fraction of sp³-hybridized carbons (Fsp3) is 0.895. The maximum Gasteiger partial charge on any atom is 0.232 e. The highest BCUT2D eigenvalue weighted by Crippen LogP contribution is 2.25. The van der Waals surface area contributed by atoms with Crippen molar-refractivity contribution in [3.05, 3.63) is 0 Å². The molecule has 0 unspecified atom stereocenters. The maximum absolute atomic E-state index is 12.9. The highest BCUT2D eigenvalue weighted by Gasteiger charge is 2.34. The first-order chi connectivity index (χ1) is 12.6. The van der Waals surface area contributed by atoms with Gasteiger partial charge in [0, 0.05) is 51.9 Å². The lowest BCUT2D eigenvalue weighted by Gasteiger charge is -2.43. The number of carbonyl (C=O) groups is 2. The zero-order valence-electron chi connectivity index (χ0n) is 16.4. The molecule has 3 fully saturated rings. The van der Waals surface area contributed by atoms with Gasteiger partial charge in [-0.3, -0.25) is 14.5 Å². The smallest absolute Gasteiger partial charge is 0.232 e. The van der Waals surface area contributed by atoms with E-state index in [2.05, 4.69) is 21.7 Å². The van der Waals surface area contributed by atoms with Crippen LogP contribution in [0, 0.1) is 5.92 Å². The summed E-state index contributed by atoms with van der Waals surface area (Å²) in [5, 5.41) is 0. The molecule has 26 heavy (non-hydrogen) atoms. The summed E-state index contributed by atoms with van der Waals surface area (Å²) >= 11 is 1.60. The number of nitrogens with zero attached hydrogens (tertiary/aromatic N) is 4. The molecule has 148 valence electrons. The lowest BCUT2D eigenvalue weighted by molar-refractivity contribution is -0.139. The van der Waals surface area contributed by atoms with Gasteiger partial charge in [-0.1, -0.05) is 0 Å². The summed E-state index contributed by atoms with van der Waals surface area (Å²) in [4.78, 5) is 33.9. The number of hydrogen-bond donors (Lipinski definition) is 0. The number of piperazine rings is 1. The summed E-state index contributed by atoms with van der Waals surface area (Å²) in [7, 11) is 2.13. The van der Waals surface area contributed by atoms with Crippen molar-refractivity contribution in [2.24, 2.45) is 5.92 Å². The van der Waals surface area contributed by atoms with Gasteiger partial charge in [0.25, 0.3) is 0 Å². The molecular weight excluding hydrogens is 348 g/mol. The van der Waals surface area contributed by atoms with Gasteiger partial charge in [0.05, 0.1) is 11.7 Å².